The summed E-state index contributed by atoms with van der Waals surface area (Å²) in [6.07, 6.45) is 11.5. The average molecular weight is 876 g/mol. The maximum Gasteiger partial charge on any atom is 1.00 e. The van der Waals surface area contributed by atoms with Crippen LogP contribution in [0, 0.1) is 10.1 Å². The van der Waals surface area contributed by atoms with Crippen LogP contribution in [0.1, 0.15) is 43.9 Å². The number of hydrogen-bond acceptors (Lipinski definition) is 14. The summed E-state index contributed by atoms with van der Waals surface area (Å²) >= 11 is 0. The van der Waals surface area contributed by atoms with Gasteiger partial charge in [-0.05, 0) is 83.7 Å². The number of fused-ring (bicyclic) bond motifs is 1. The van der Waals surface area contributed by atoms with Crippen molar-refractivity contribution in [2.75, 3.05) is 10.9 Å². The Morgan fingerprint density at radius 3 is 2.17 bits per heavy atom. The Bertz CT molecular complexity index is 2510. The summed E-state index contributed by atoms with van der Waals surface area (Å²) in [5, 5.41) is 32.7. The van der Waals surface area contributed by atoms with Crippen LogP contribution in [0.25, 0.3) is 6.08 Å². The number of hydrogen-bond donors (Lipinski definition) is 5. The number of rotatable bonds is 10. The molecule has 3 aromatic rings. The number of ketones is 3. The van der Waals surface area contributed by atoms with E-state index in [1.165, 1.54) is 42.5 Å². The first-order valence-electron chi connectivity index (χ1n) is 16.8. The van der Waals surface area contributed by atoms with Crippen LogP contribution in [0.2, 0.25) is 0 Å². The van der Waals surface area contributed by atoms with Gasteiger partial charge in [0.15, 0.2) is 0 Å². The van der Waals surface area contributed by atoms with Crippen molar-refractivity contribution in [1.82, 2.24) is 5.43 Å². The van der Waals surface area contributed by atoms with E-state index in [1.54, 1.807) is 36.4 Å². The van der Waals surface area contributed by atoms with Gasteiger partial charge in [-0.15, -0.1) is 10.2 Å². The Labute approximate surface area is 394 Å². The summed E-state index contributed by atoms with van der Waals surface area (Å²) < 4.78 is 31.7. The van der Waals surface area contributed by atoms with E-state index in [2.05, 4.69) is 52.4 Å². The number of carbonyl (C=O) groups excluding carboxylic acids is 3. The summed E-state index contributed by atoms with van der Waals surface area (Å²) in [6, 6.07) is 17.9. The van der Waals surface area contributed by atoms with Crippen molar-refractivity contribution in [2.24, 2.45) is 15.3 Å². The molecule has 59 heavy (non-hydrogen) atoms. The number of hydrazine groups is 1. The van der Waals surface area contributed by atoms with Gasteiger partial charge in [0.1, 0.15) is 22.9 Å². The molecule has 0 spiro atoms. The molecule has 16 nitrogen and oxygen atoms in total. The Hall–Kier alpha value is -4.58. The van der Waals surface area contributed by atoms with Gasteiger partial charge in [0.25, 0.3) is 15.8 Å². The van der Waals surface area contributed by atoms with Gasteiger partial charge in [0.05, 0.1) is 26.9 Å². The van der Waals surface area contributed by atoms with E-state index in [4.69, 9.17) is 4.55 Å². The number of allylic oxidation sites excluding steroid dienone is 7. The van der Waals surface area contributed by atoms with Crippen LogP contribution in [0.4, 0.5) is 11.4 Å². The Morgan fingerprint density at radius 1 is 0.797 bits per heavy atom. The van der Waals surface area contributed by atoms with Crippen molar-refractivity contribution in [3.8, 4) is 5.75 Å². The van der Waals surface area contributed by atoms with Crippen LogP contribution in [-0.4, -0.2) is 57.5 Å². The molecule has 0 saturated heterocycles. The van der Waals surface area contributed by atoms with Gasteiger partial charge in [-0.2, -0.15) is 13.5 Å². The second-order valence-electron chi connectivity index (χ2n) is 12.9. The number of anilines is 2. The van der Waals surface area contributed by atoms with Gasteiger partial charge in [0, 0.05) is 35.1 Å². The number of phenolic OH excluding ortho intramolecular Hbond substituents is 1. The zero-order valence-corrected chi connectivity index (χ0v) is 38.6. The predicted molar refractivity (Wildman–Crippen MR) is 211 cm³/mol. The van der Waals surface area contributed by atoms with Gasteiger partial charge in [0.2, 0.25) is 17.3 Å². The van der Waals surface area contributed by atoms with Crippen molar-refractivity contribution in [3.05, 3.63) is 147 Å². The minimum absolute atomic E-state index is 0. The van der Waals surface area contributed by atoms with E-state index in [1.807, 2.05) is 18.2 Å². The zero-order chi connectivity index (χ0) is 40.6. The molecule has 0 unspecified atom stereocenters. The number of benzene rings is 3. The first-order chi connectivity index (χ1) is 26.5. The number of hydrazone groups is 1. The van der Waals surface area contributed by atoms with E-state index >= 15 is 0 Å². The van der Waals surface area contributed by atoms with Gasteiger partial charge < -0.3 is 16.0 Å². The van der Waals surface area contributed by atoms with Crippen molar-refractivity contribution in [2.45, 2.75) is 37.5 Å². The molecule has 0 aromatic heterocycles. The van der Waals surface area contributed by atoms with Crippen LogP contribution >= 0.6 is 0 Å². The molecule has 3 aliphatic carbocycles. The SMILES string of the molecule is CCC(C)(C)c1ccc(O)c(N/N=C2/C=C([N+](=O)[O-])C=CC2=O)c1.O=C1C=CC(NNc2cccc(S(=O)(=O)O)c2)=C/C1=N/N=C1\C(=O)C=Cc2ccccc21.[Cr].[Na+].[Na+]. The Morgan fingerprint density at radius 2 is 1.47 bits per heavy atom. The minimum atomic E-state index is -4.34. The van der Waals surface area contributed by atoms with Crippen LogP contribution in [-0.2, 0) is 47.3 Å². The molecular weight excluding hydrogens is 841 g/mol. The van der Waals surface area contributed by atoms with Crippen LogP contribution in [0.3, 0.4) is 0 Å². The number of nitro groups is 1. The monoisotopic (exact) mass is 875 g/mol. The zero-order valence-electron chi connectivity index (χ0n) is 32.5. The fourth-order valence-electron chi connectivity index (χ4n) is 5.07. The molecule has 3 aliphatic rings. The minimum Gasteiger partial charge on any atom is -0.506 e. The molecular formula is C39H35CrN7Na2O9S+2. The molecule has 6 rings (SSSR count). The molecule has 5 N–H and O–H groups in total. The van der Waals surface area contributed by atoms with Crippen LogP contribution in [0.5, 0.6) is 5.75 Å². The predicted octanol–water partition coefficient (Wildman–Crippen LogP) is -0.533. The molecule has 0 radical (unpaired) electrons. The first-order valence-corrected chi connectivity index (χ1v) is 18.3. The third kappa shape index (κ3) is 13.5. The molecule has 0 heterocycles. The topological polar surface area (TPSA) is 242 Å². The van der Waals surface area contributed by atoms with Crippen LogP contribution < -0.4 is 75.4 Å². The smallest absolute Gasteiger partial charge is 0.506 e. The standard InChI is InChI=1S/C22H16N4O5S.C17H19N3O4.Cr.2Na/c27-20-11-9-16(24-23-15-5-3-6-17(12-15)32(29,30)31)13-19(20)25-26-22-18-7-2-1-4-14(18)8-10-21(22)28;1-4-17(2,3)11-5-7-15(21)13(9-11)18-19-14-10-12(20(23)24)6-8-16(14)22;;;/h1-13,23-24H,(H,29,30,31);5-10,18,21H,4H2,1-3H3;;;/q;;;2*+1/b25-19-,26-22-;19-14-;;;. The van der Waals surface area contributed by atoms with Crippen molar-refractivity contribution in [1.29, 1.82) is 0 Å². The second kappa shape index (κ2) is 22.1. The average Bonchev–Trinajstić information content (AvgIpc) is 3.17. The van der Waals surface area contributed by atoms with E-state index < -0.39 is 20.8 Å². The third-order valence-corrected chi connectivity index (χ3v) is 9.53. The van der Waals surface area contributed by atoms with E-state index in [0.29, 0.717) is 22.6 Å². The van der Waals surface area contributed by atoms with Gasteiger partial charge >= 0.3 is 59.1 Å². The normalized spacial score (nSPS) is 16.3. The third-order valence-electron chi connectivity index (χ3n) is 8.68. The van der Waals surface area contributed by atoms with E-state index in [0.717, 1.165) is 35.8 Å². The van der Waals surface area contributed by atoms with Crippen molar-refractivity contribution in [3.63, 3.8) is 0 Å². The molecule has 292 valence electrons. The fourth-order valence-corrected chi connectivity index (χ4v) is 5.60. The van der Waals surface area contributed by atoms with Gasteiger partial charge in [-0.3, -0.25) is 34.5 Å². The summed E-state index contributed by atoms with van der Waals surface area (Å²) in [7, 11) is -4.34. The van der Waals surface area contributed by atoms with Gasteiger partial charge in [-0.25, -0.2) is 0 Å². The van der Waals surface area contributed by atoms with E-state index in [-0.39, 0.29) is 127 Å². The molecule has 0 bridgehead atoms. The van der Waals surface area contributed by atoms with E-state index in [9.17, 15) is 38.0 Å². The fraction of sp³-hybridized carbons (Fsp3) is 0.128. The summed E-state index contributed by atoms with van der Waals surface area (Å²) in [5.41, 5.74) is 11.6. The quantitative estimate of drug-likeness (QED) is 0.0432. The second-order valence-corrected chi connectivity index (χ2v) is 14.3. The largest absolute Gasteiger partial charge is 1.00 e. The molecule has 0 saturated carbocycles. The maximum atomic E-state index is 12.2. The van der Waals surface area contributed by atoms with Gasteiger partial charge in [-0.1, -0.05) is 63.2 Å². The molecule has 3 aromatic carbocycles. The molecule has 20 heteroatoms. The molecule has 0 fully saturated rings. The first kappa shape index (κ1) is 50.6. The van der Waals surface area contributed by atoms with Crippen molar-refractivity contribution < 1.29 is 114 Å². The number of nitrogens with one attached hydrogen (secondary N) is 3. The maximum absolute atomic E-state index is 12.2. The number of nitrogens with zero attached hydrogens (tertiary/aromatic N) is 4. The summed E-state index contributed by atoms with van der Waals surface area (Å²) in [5.74, 6) is -1.17. The molecule has 0 amide bonds. The Kier molecular flexibility index (Phi) is 19.0. The molecule has 0 aliphatic heterocycles. The number of phenols is 1. The summed E-state index contributed by atoms with van der Waals surface area (Å²) in [4.78, 5) is 46.1. The summed E-state index contributed by atoms with van der Waals surface area (Å²) in [6.45, 7) is 6.23. The van der Waals surface area contributed by atoms with Crippen molar-refractivity contribution >= 4 is 62.1 Å². The number of aromatic hydroxyl groups is 1. The Balaban J connectivity index is 0.000000402. The van der Waals surface area contributed by atoms with Crippen LogP contribution in [0.15, 0.2) is 141 Å². The molecule has 0 atom stereocenters. The number of carbonyl (C=O) groups is 3.